The molecular weight excluding hydrogens is 532 g/mol. The number of aryl methyl sites for hydroxylation is 1. The number of carboxylic acids is 1. The molecule has 1 fully saturated rings. The number of methoxy groups -OCH3 is 1. The van der Waals surface area contributed by atoms with Gasteiger partial charge in [-0.25, -0.2) is 9.78 Å². The van der Waals surface area contributed by atoms with Crippen LogP contribution in [-0.2, 0) is 9.53 Å². The van der Waals surface area contributed by atoms with Gasteiger partial charge in [0.25, 0.3) is 0 Å². The van der Waals surface area contributed by atoms with Gasteiger partial charge in [0, 0.05) is 47.9 Å². The number of hydrogen-bond acceptors (Lipinski definition) is 8. The number of aromatic nitrogens is 2. The van der Waals surface area contributed by atoms with E-state index >= 15 is 0 Å². The Morgan fingerprint density at radius 1 is 1.05 bits per heavy atom. The highest BCUT2D eigenvalue weighted by Crippen LogP contribution is 2.43. The smallest absolute Gasteiger partial charge is 0.337 e. The summed E-state index contributed by atoms with van der Waals surface area (Å²) < 4.78 is 17.1. The number of aliphatic carboxylic acids is 1. The number of piperidine rings is 1. The predicted octanol–water partition coefficient (Wildman–Crippen LogP) is 6.52. The van der Waals surface area contributed by atoms with Gasteiger partial charge in [-0.1, -0.05) is 13.8 Å². The Balaban J connectivity index is 1.59. The fourth-order valence-corrected chi connectivity index (χ4v) is 5.07. The molecule has 9 nitrogen and oxygen atoms in total. The highest BCUT2D eigenvalue weighted by atomic mass is 16.5. The van der Waals surface area contributed by atoms with Gasteiger partial charge in [0.2, 0.25) is 0 Å². The molecule has 0 amide bonds. The van der Waals surface area contributed by atoms with Crippen molar-refractivity contribution < 1.29 is 24.1 Å². The number of nitrogens with zero attached hydrogens (tertiary/aromatic N) is 3. The summed E-state index contributed by atoms with van der Waals surface area (Å²) in [5.74, 6) is 1.25. The molecule has 42 heavy (non-hydrogen) atoms. The van der Waals surface area contributed by atoms with Crippen LogP contribution in [0.2, 0.25) is 0 Å². The lowest BCUT2D eigenvalue weighted by atomic mass is 9.82. The number of benzene rings is 1. The Morgan fingerprint density at radius 2 is 1.71 bits per heavy atom. The zero-order valence-electron chi connectivity index (χ0n) is 25.9. The van der Waals surface area contributed by atoms with Crippen molar-refractivity contribution in [1.29, 1.82) is 0 Å². The van der Waals surface area contributed by atoms with Gasteiger partial charge in [0.05, 0.1) is 24.9 Å². The Morgan fingerprint density at radius 3 is 2.29 bits per heavy atom. The molecule has 0 radical (unpaired) electrons. The quantitative estimate of drug-likeness (QED) is 0.247. The molecule has 4 rings (SSSR count). The Hall–Kier alpha value is -3.85. The number of ether oxygens (including phenoxy) is 3. The van der Waals surface area contributed by atoms with E-state index in [0.29, 0.717) is 24.4 Å². The third kappa shape index (κ3) is 7.91. The van der Waals surface area contributed by atoms with E-state index in [9.17, 15) is 9.90 Å². The molecule has 3 aromatic rings. The molecule has 9 heteroatoms. The van der Waals surface area contributed by atoms with Crippen molar-refractivity contribution in [2.75, 3.05) is 43.6 Å². The van der Waals surface area contributed by atoms with Crippen molar-refractivity contribution >= 4 is 17.5 Å². The van der Waals surface area contributed by atoms with Crippen molar-refractivity contribution in [1.82, 2.24) is 9.97 Å². The normalized spacial score (nSPS) is 15.6. The van der Waals surface area contributed by atoms with Gasteiger partial charge in [-0.3, -0.25) is 4.98 Å². The van der Waals surface area contributed by atoms with E-state index in [2.05, 4.69) is 34.0 Å². The molecule has 0 bridgehead atoms. The average molecular weight is 577 g/mol. The average Bonchev–Trinajstić information content (AvgIpc) is 2.94. The molecule has 1 atom stereocenters. The molecule has 2 N–H and O–H groups in total. The number of nitrogens with one attached hydrogen (secondary N) is 1. The molecule has 1 saturated heterocycles. The number of carboxylic acid groups (broad SMARTS) is 1. The van der Waals surface area contributed by atoms with E-state index in [1.54, 1.807) is 13.3 Å². The van der Waals surface area contributed by atoms with Crippen molar-refractivity contribution in [3.63, 3.8) is 0 Å². The van der Waals surface area contributed by atoms with E-state index in [1.807, 2.05) is 70.3 Å². The molecular formula is C33H44N4O5. The van der Waals surface area contributed by atoms with Crippen LogP contribution in [0, 0.1) is 12.3 Å². The van der Waals surface area contributed by atoms with Crippen LogP contribution in [0.15, 0.2) is 48.8 Å². The van der Waals surface area contributed by atoms with Crippen LogP contribution in [0.4, 0.5) is 11.5 Å². The lowest BCUT2D eigenvalue weighted by Gasteiger charge is -2.40. The standard InChI is InChI=1S/C33H44N4O5/c1-22-28(30(31(38)39)42-32(2,3)4)29(37-17-14-33(5,6)15-18-37)26(21-35-22)23-8-13-27(36-20-23)34-16-19-41-25-11-9-24(40-7)10-12-25/h8-13,20-21,30H,14-19H2,1-7H3,(H,34,36)(H,38,39). The molecule has 0 saturated carbocycles. The van der Waals surface area contributed by atoms with E-state index in [1.165, 1.54) is 0 Å². The Bertz CT molecular complexity index is 1340. The van der Waals surface area contributed by atoms with Crippen LogP contribution >= 0.6 is 0 Å². The van der Waals surface area contributed by atoms with Gasteiger partial charge in [-0.05, 0) is 82.3 Å². The van der Waals surface area contributed by atoms with Gasteiger partial charge in [-0.15, -0.1) is 0 Å². The fraction of sp³-hybridized carbons (Fsp3) is 0.485. The van der Waals surface area contributed by atoms with Crippen LogP contribution in [-0.4, -0.2) is 60.0 Å². The largest absolute Gasteiger partial charge is 0.497 e. The van der Waals surface area contributed by atoms with Crippen molar-refractivity contribution in [2.45, 2.75) is 66.1 Å². The number of rotatable bonds is 11. The maximum Gasteiger partial charge on any atom is 0.337 e. The van der Waals surface area contributed by atoms with Crippen molar-refractivity contribution in [3.05, 3.63) is 60.0 Å². The molecule has 0 spiro atoms. The number of carbonyl (C=O) groups is 1. The van der Waals surface area contributed by atoms with Crippen LogP contribution in [0.3, 0.4) is 0 Å². The summed E-state index contributed by atoms with van der Waals surface area (Å²) in [6, 6.07) is 11.4. The van der Waals surface area contributed by atoms with Gasteiger partial charge >= 0.3 is 5.97 Å². The van der Waals surface area contributed by atoms with Crippen LogP contribution < -0.4 is 19.7 Å². The third-order valence-electron chi connectivity index (χ3n) is 7.49. The highest BCUT2D eigenvalue weighted by Gasteiger charge is 2.35. The molecule has 1 aromatic carbocycles. The van der Waals surface area contributed by atoms with E-state index in [4.69, 9.17) is 14.2 Å². The van der Waals surface area contributed by atoms with Crippen LogP contribution in [0.5, 0.6) is 11.5 Å². The molecule has 1 unspecified atom stereocenters. The first-order chi connectivity index (χ1) is 19.9. The second kappa shape index (κ2) is 13.0. The summed E-state index contributed by atoms with van der Waals surface area (Å²) in [5.41, 5.74) is 3.41. The zero-order valence-corrected chi connectivity index (χ0v) is 25.9. The second-order valence-electron chi connectivity index (χ2n) is 12.5. The summed E-state index contributed by atoms with van der Waals surface area (Å²) in [6.07, 6.45) is 4.49. The van der Waals surface area contributed by atoms with E-state index in [-0.39, 0.29) is 5.41 Å². The SMILES string of the molecule is COc1ccc(OCCNc2ccc(-c3cnc(C)c(C(OC(C)(C)C)C(=O)O)c3N3CCC(C)(C)CC3)cn2)cc1. The lowest BCUT2D eigenvalue weighted by molar-refractivity contribution is -0.160. The summed E-state index contributed by atoms with van der Waals surface area (Å²) in [4.78, 5) is 24.2. The number of pyridine rings is 2. The first kappa shape index (κ1) is 31.1. The molecule has 2 aromatic heterocycles. The predicted molar refractivity (Wildman–Crippen MR) is 166 cm³/mol. The third-order valence-corrected chi connectivity index (χ3v) is 7.49. The van der Waals surface area contributed by atoms with Gasteiger partial charge in [0.1, 0.15) is 23.9 Å². The van der Waals surface area contributed by atoms with Crippen LogP contribution in [0.1, 0.15) is 64.8 Å². The molecule has 226 valence electrons. The monoisotopic (exact) mass is 576 g/mol. The van der Waals surface area contributed by atoms with Gasteiger partial charge in [0.15, 0.2) is 6.10 Å². The minimum Gasteiger partial charge on any atom is -0.497 e. The maximum absolute atomic E-state index is 12.6. The zero-order chi connectivity index (χ0) is 30.5. The first-order valence-corrected chi connectivity index (χ1v) is 14.5. The summed E-state index contributed by atoms with van der Waals surface area (Å²) in [6.45, 7) is 14.7. The van der Waals surface area contributed by atoms with Gasteiger partial charge in [-0.2, -0.15) is 0 Å². The highest BCUT2D eigenvalue weighted by molar-refractivity contribution is 5.86. The summed E-state index contributed by atoms with van der Waals surface area (Å²) >= 11 is 0. The Labute approximate surface area is 249 Å². The summed E-state index contributed by atoms with van der Waals surface area (Å²) in [5, 5.41) is 13.6. The van der Waals surface area contributed by atoms with Crippen LogP contribution in [0.25, 0.3) is 11.1 Å². The molecule has 3 heterocycles. The number of hydrogen-bond donors (Lipinski definition) is 2. The second-order valence-corrected chi connectivity index (χ2v) is 12.5. The van der Waals surface area contributed by atoms with E-state index < -0.39 is 17.7 Å². The first-order valence-electron chi connectivity index (χ1n) is 14.5. The van der Waals surface area contributed by atoms with Gasteiger partial charge < -0.3 is 29.5 Å². The van der Waals surface area contributed by atoms with E-state index in [0.717, 1.165) is 60.1 Å². The Kier molecular flexibility index (Phi) is 9.61. The maximum atomic E-state index is 12.6. The fourth-order valence-electron chi connectivity index (χ4n) is 5.07. The molecule has 1 aliphatic heterocycles. The minimum atomic E-state index is -1.15. The van der Waals surface area contributed by atoms with Crippen molar-refractivity contribution in [3.8, 4) is 22.6 Å². The van der Waals surface area contributed by atoms with Crippen molar-refractivity contribution in [2.24, 2.45) is 5.41 Å². The molecule has 0 aliphatic carbocycles. The number of anilines is 2. The lowest BCUT2D eigenvalue weighted by Crippen LogP contribution is -2.39. The molecule has 1 aliphatic rings. The topological polar surface area (TPSA) is 106 Å². The minimum absolute atomic E-state index is 0.235. The summed E-state index contributed by atoms with van der Waals surface area (Å²) in [7, 11) is 1.63.